The highest BCUT2D eigenvalue weighted by Crippen LogP contribution is 1.97. The van der Waals surface area contributed by atoms with Gasteiger partial charge < -0.3 is 15.8 Å². The first-order valence-corrected chi connectivity index (χ1v) is 5.13. The Balaban J connectivity index is 2.51. The topological polar surface area (TPSA) is 94.3 Å². The van der Waals surface area contributed by atoms with Crippen molar-refractivity contribution in [3.05, 3.63) is 30.1 Å². The maximum absolute atomic E-state index is 11.6. The molecule has 1 aromatic rings. The van der Waals surface area contributed by atoms with Gasteiger partial charge in [0.05, 0.1) is 13.5 Å². The van der Waals surface area contributed by atoms with Gasteiger partial charge in [-0.15, -0.1) is 0 Å². The largest absolute Gasteiger partial charge is 0.467 e. The van der Waals surface area contributed by atoms with Gasteiger partial charge in [0, 0.05) is 18.9 Å². The van der Waals surface area contributed by atoms with Crippen molar-refractivity contribution in [1.82, 2.24) is 10.3 Å². The molecule has 0 radical (unpaired) electrons. The number of carbonyl (C=O) groups is 2. The van der Waals surface area contributed by atoms with Gasteiger partial charge >= 0.3 is 5.97 Å². The molecular weight excluding hydrogens is 222 g/mol. The summed E-state index contributed by atoms with van der Waals surface area (Å²) < 4.78 is 4.51. The first-order chi connectivity index (χ1) is 8.17. The highest BCUT2D eigenvalue weighted by Gasteiger charge is 2.19. The van der Waals surface area contributed by atoms with Crippen molar-refractivity contribution in [2.45, 2.75) is 12.5 Å². The number of rotatable bonds is 5. The molecule has 0 aliphatic rings. The Morgan fingerprint density at radius 1 is 1.59 bits per heavy atom. The summed E-state index contributed by atoms with van der Waals surface area (Å²) in [6, 6.07) is 2.72. The van der Waals surface area contributed by atoms with Gasteiger partial charge in [0.15, 0.2) is 0 Å². The van der Waals surface area contributed by atoms with Gasteiger partial charge in [-0.2, -0.15) is 0 Å². The van der Waals surface area contributed by atoms with E-state index in [4.69, 9.17) is 5.73 Å². The standard InChI is InChI=1S/C11H15N3O3/c1-17-11(16)9(6-12)14-10(15)5-8-3-2-4-13-7-8/h2-4,7,9H,5-6,12H2,1H3,(H,14,15). The van der Waals surface area contributed by atoms with Crippen LogP contribution in [0.4, 0.5) is 0 Å². The quantitative estimate of drug-likeness (QED) is 0.656. The van der Waals surface area contributed by atoms with Gasteiger partial charge in [0.1, 0.15) is 6.04 Å². The minimum absolute atomic E-state index is 0.00541. The van der Waals surface area contributed by atoms with Crippen molar-refractivity contribution in [2.24, 2.45) is 5.73 Å². The molecule has 1 amide bonds. The van der Waals surface area contributed by atoms with Gasteiger partial charge in [-0.1, -0.05) is 6.07 Å². The summed E-state index contributed by atoms with van der Waals surface area (Å²) in [6.07, 6.45) is 3.37. The molecule has 1 unspecified atom stereocenters. The van der Waals surface area contributed by atoms with Crippen molar-refractivity contribution in [3.8, 4) is 0 Å². The van der Waals surface area contributed by atoms with Crippen molar-refractivity contribution in [3.63, 3.8) is 0 Å². The zero-order valence-electron chi connectivity index (χ0n) is 9.55. The number of pyridine rings is 1. The van der Waals surface area contributed by atoms with Gasteiger partial charge in [-0.05, 0) is 11.6 Å². The lowest BCUT2D eigenvalue weighted by Gasteiger charge is -2.14. The molecule has 1 heterocycles. The number of esters is 1. The fourth-order valence-electron chi connectivity index (χ4n) is 1.29. The van der Waals surface area contributed by atoms with Gasteiger partial charge in [0.2, 0.25) is 5.91 Å². The predicted molar refractivity (Wildman–Crippen MR) is 60.9 cm³/mol. The highest BCUT2D eigenvalue weighted by molar-refractivity contribution is 5.85. The van der Waals surface area contributed by atoms with Gasteiger partial charge in [0.25, 0.3) is 0 Å². The Morgan fingerprint density at radius 3 is 2.88 bits per heavy atom. The van der Waals surface area contributed by atoms with Crippen LogP contribution in [0.2, 0.25) is 0 Å². The molecule has 0 aliphatic carbocycles. The fraction of sp³-hybridized carbons (Fsp3) is 0.364. The lowest BCUT2D eigenvalue weighted by Crippen LogP contribution is -2.46. The molecular formula is C11H15N3O3. The Bertz CT molecular complexity index is 381. The van der Waals surface area contributed by atoms with Crippen LogP contribution in [0.1, 0.15) is 5.56 Å². The Labute approximate surface area is 99.2 Å². The molecule has 0 bridgehead atoms. The van der Waals surface area contributed by atoms with E-state index >= 15 is 0 Å². The Morgan fingerprint density at radius 2 is 2.35 bits per heavy atom. The van der Waals surface area contributed by atoms with Crippen LogP contribution in [-0.4, -0.2) is 36.6 Å². The number of aromatic nitrogens is 1. The first-order valence-electron chi connectivity index (χ1n) is 5.13. The summed E-state index contributed by atoms with van der Waals surface area (Å²) >= 11 is 0. The van der Waals surface area contributed by atoms with Crippen molar-refractivity contribution < 1.29 is 14.3 Å². The van der Waals surface area contributed by atoms with Crippen molar-refractivity contribution >= 4 is 11.9 Å². The van der Waals surface area contributed by atoms with Crippen LogP contribution in [-0.2, 0) is 20.7 Å². The van der Waals surface area contributed by atoms with Crippen LogP contribution in [0.3, 0.4) is 0 Å². The molecule has 0 spiro atoms. The summed E-state index contributed by atoms with van der Waals surface area (Å²) in [5.41, 5.74) is 6.13. The van der Waals surface area contributed by atoms with Crippen LogP contribution in [0.25, 0.3) is 0 Å². The average molecular weight is 237 g/mol. The Hall–Kier alpha value is -1.95. The molecule has 6 heteroatoms. The molecule has 3 N–H and O–H groups in total. The molecule has 0 aromatic carbocycles. The van der Waals surface area contributed by atoms with E-state index in [2.05, 4.69) is 15.0 Å². The molecule has 17 heavy (non-hydrogen) atoms. The first kappa shape index (κ1) is 13.1. The number of hydrogen-bond acceptors (Lipinski definition) is 5. The smallest absolute Gasteiger partial charge is 0.329 e. The van der Waals surface area contributed by atoms with Crippen LogP contribution >= 0.6 is 0 Å². The second kappa shape index (κ2) is 6.59. The molecule has 0 saturated carbocycles. The van der Waals surface area contributed by atoms with E-state index in [9.17, 15) is 9.59 Å². The third-order valence-electron chi connectivity index (χ3n) is 2.14. The van der Waals surface area contributed by atoms with Gasteiger partial charge in [-0.3, -0.25) is 9.78 Å². The fourth-order valence-corrected chi connectivity index (χ4v) is 1.29. The minimum atomic E-state index is -0.802. The van der Waals surface area contributed by atoms with E-state index in [1.54, 1.807) is 24.5 Å². The number of ether oxygens (including phenoxy) is 1. The van der Waals surface area contributed by atoms with Crippen LogP contribution in [0.15, 0.2) is 24.5 Å². The second-order valence-electron chi connectivity index (χ2n) is 3.42. The van der Waals surface area contributed by atoms with E-state index in [1.165, 1.54) is 7.11 Å². The molecule has 1 atom stereocenters. The SMILES string of the molecule is COC(=O)C(CN)NC(=O)Cc1cccnc1. The maximum Gasteiger partial charge on any atom is 0.329 e. The monoisotopic (exact) mass is 237 g/mol. The molecule has 1 rings (SSSR count). The van der Waals surface area contributed by atoms with E-state index in [0.29, 0.717) is 0 Å². The summed E-state index contributed by atoms with van der Waals surface area (Å²) in [7, 11) is 1.25. The number of nitrogens with one attached hydrogen (secondary N) is 1. The lowest BCUT2D eigenvalue weighted by atomic mass is 10.2. The van der Waals surface area contributed by atoms with E-state index < -0.39 is 12.0 Å². The van der Waals surface area contributed by atoms with Gasteiger partial charge in [-0.25, -0.2) is 4.79 Å². The number of hydrogen-bond donors (Lipinski definition) is 2. The zero-order valence-corrected chi connectivity index (χ0v) is 9.55. The highest BCUT2D eigenvalue weighted by atomic mass is 16.5. The maximum atomic E-state index is 11.6. The molecule has 0 aliphatic heterocycles. The van der Waals surface area contributed by atoms with E-state index in [1.807, 2.05) is 0 Å². The number of nitrogens with two attached hydrogens (primary N) is 1. The van der Waals surface area contributed by atoms with E-state index in [0.717, 1.165) is 5.56 Å². The van der Waals surface area contributed by atoms with Crippen LogP contribution < -0.4 is 11.1 Å². The van der Waals surface area contributed by atoms with E-state index in [-0.39, 0.29) is 18.9 Å². The third kappa shape index (κ3) is 4.20. The summed E-state index contributed by atoms with van der Waals surface area (Å²) in [6.45, 7) is 0.00541. The summed E-state index contributed by atoms with van der Waals surface area (Å²) in [4.78, 5) is 26.7. The Kier molecular flexibility index (Phi) is 5.09. The van der Waals surface area contributed by atoms with Crippen LogP contribution in [0, 0.1) is 0 Å². The van der Waals surface area contributed by atoms with Crippen molar-refractivity contribution in [1.29, 1.82) is 0 Å². The number of carbonyl (C=O) groups excluding carboxylic acids is 2. The summed E-state index contributed by atoms with van der Waals surface area (Å²) in [5.74, 6) is -0.842. The molecule has 6 nitrogen and oxygen atoms in total. The number of amides is 1. The molecule has 0 saturated heterocycles. The molecule has 0 fully saturated rings. The normalized spacial score (nSPS) is 11.6. The number of methoxy groups -OCH3 is 1. The second-order valence-corrected chi connectivity index (χ2v) is 3.42. The molecule has 1 aromatic heterocycles. The van der Waals surface area contributed by atoms with Crippen molar-refractivity contribution in [2.75, 3.05) is 13.7 Å². The molecule has 92 valence electrons. The third-order valence-corrected chi connectivity index (χ3v) is 2.14. The lowest BCUT2D eigenvalue weighted by molar-refractivity contribution is -0.144. The number of nitrogens with zero attached hydrogens (tertiary/aromatic N) is 1. The minimum Gasteiger partial charge on any atom is -0.467 e. The average Bonchev–Trinajstić information content (AvgIpc) is 2.36. The predicted octanol–water partition coefficient (Wildman–Crippen LogP) is -0.759. The zero-order chi connectivity index (χ0) is 12.7. The van der Waals surface area contributed by atoms with Crippen LogP contribution in [0.5, 0.6) is 0 Å². The summed E-state index contributed by atoms with van der Waals surface area (Å²) in [5, 5.41) is 2.50.